The van der Waals surface area contributed by atoms with Crippen molar-refractivity contribution in [2.45, 2.75) is 26.3 Å². The summed E-state index contributed by atoms with van der Waals surface area (Å²) >= 11 is 0. The number of anilines is 1. The van der Waals surface area contributed by atoms with Gasteiger partial charge in [-0.1, -0.05) is 25.1 Å². The molecule has 124 valence electrons. The van der Waals surface area contributed by atoms with Crippen LogP contribution in [-0.2, 0) is 11.3 Å². The van der Waals surface area contributed by atoms with Crippen LogP contribution in [0.3, 0.4) is 0 Å². The summed E-state index contributed by atoms with van der Waals surface area (Å²) in [4.78, 5) is 14.5. The van der Waals surface area contributed by atoms with Crippen molar-refractivity contribution in [3.8, 4) is 0 Å². The van der Waals surface area contributed by atoms with E-state index in [9.17, 15) is 4.79 Å². The number of methoxy groups -OCH3 is 1. The lowest BCUT2D eigenvalue weighted by Gasteiger charge is -2.30. The summed E-state index contributed by atoms with van der Waals surface area (Å²) in [6, 6.07) is 8.15. The Labute approximate surface area is 137 Å². The summed E-state index contributed by atoms with van der Waals surface area (Å²) < 4.78 is 7.31. The summed E-state index contributed by atoms with van der Waals surface area (Å²) in [5.74, 6) is 0.581. The zero-order valence-corrected chi connectivity index (χ0v) is 13.9. The van der Waals surface area contributed by atoms with Gasteiger partial charge >= 0.3 is 6.03 Å². The first-order valence-corrected chi connectivity index (χ1v) is 8.32. The van der Waals surface area contributed by atoms with Gasteiger partial charge in [0.15, 0.2) is 0 Å². The molecule has 0 unspecified atom stereocenters. The molecule has 0 bridgehead atoms. The molecule has 2 aromatic rings. The lowest BCUT2D eigenvalue weighted by Crippen LogP contribution is -2.41. The minimum absolute atomic E-state index is 0.00574. The van der Waals surface area contributed by atoms with Gasteiger partial charge in [0.2, 0.25) is 0 Å². The highest BCUT2D eigenvalue weighted by Crippen LogP contribution is 2.26. The van der Waals surface area contributed by atoms with Gasteiger partial charge in [0.1, 0.15) is 0 Å². The normalized spacial score (nSPS) is 18.3. The van der Waals surface area contributed by atoms with E-state index in [0.29, 0.717) is 12.5 Å². The molecule has 1 aliphatic rings. The van der Waals surface area contributed by atoms with Gasteiger partial charge in [0.05, 0.1) is 17.8 Å². The monoisotopic (exact) mass is 315 g/mol. The predicted octanol–water partition coefficient (Wildman–Crippen LogP) is 3.55. The molecule has 2 heterocycles. The van der Waals surface area contributed by atoms with Crippen LogP contribution in [0.5, 0.6) is 0 Å². The number of urea groups is 1. The number of piperidine rings is 1. The molecule has 0 aliphatic carbocycles. The van der Waals surface area contributed by atoms with Crippen molar-refractivity contribution in [3.63, 3.8) is 0 Å². The van der Waals surface area contributed by atoms with E-state index in [1.54, 1.807) is 7.11 Å². The number of fused-ring (bicyclic) bond motifs is 1. The predicted molar refractivity (Wildman–Crippen MR) is 92.8 cm³/mol. The zero-order chi connectivity index (χ0) is 16.2. The van der Waals surface area contributed by atoms with Crippen molar-refractivity contribution < 1.29 is 9.53 Å². The Hall–Kier alpha value is -2.01. The number of aromatic nitrogens is 1. The summed E-state index contributed by atoms with van der Waals surface area (Å²) in [7, 11) is 1.70. The quantitative estimate of drug-likeness (QED) is 0.938. The van der Waals surface area contributed by atoms with Gasteiger partial charge in [0, 0.05) is 38.3 Å². The summed E-state index contributed by atoms with van der Waals surface area (Å²) in [6.07, 6.45) is 4.30. The Morgan fingerprint density at radius 3 is 3.00 bits per heavy atom. The fourth-order valence-corrected chi connectivity index (χ4v) is 3.29. The molecule has 0 radical (unpaired) electrons. The Balaban J connectivity index is 1.80. The number of ether oxygens (including phenoxy) is 1. The molecule has 5 nitrogen and oxygen atoms in total. The molecule has 5 heteroatoms. The van der Waals surface area contributed by atoms with Gasteiger partial charge in [0.25, 0.3) is 0 Å². The van der Waals surface area contributed by atoms with Crippen molar-refractivity contribution in [3.05, 3.63) is 30.5 Å². The maximum Gasteiger partial charge on any atom is 0.321 e. The molecule has 1 aromatic carbocycles. The highest BCUT2D eigenvalue weighted by atomic mass is 16.5. The molecular formula is C18H25N3O2. The van der Waals surface area contributed by atoms with Crippen LogP contribution in [0.1, 0.15) is 19.8 Å². The molecule has 2 amide bonds. The fourth-order valence-electron chi connectivity index (χ4n) is 3.29. The van der Waals surface area contributed by atoms with Crippen LogP contribution in [0, 0.1) is 5.92 Å². The average Bonchev–Trinajstić information content (AvgIpc) is 2.91. The number of carbonyl (C=O) groups is 1. The summed E-state index contributed by atoms with van der Waals surface area (Å²) in [5, 5.41) is 4.17. The Kier molecular flexibility index (Phi) is 4.86. The third kappa shape index (κ3) is 3.50. The van der Waals surface area contributed by atoms with Crippen molar-refractivity contribution in [2.75, 3.05) is 32.1 Å². The first kappa shape index (κ1) is 15.9. The Morgan fingerprint density at radius 2 is 2.22 bits per heavy atom. The Bertz CT molecular complexity index is 680. The van der Waals surface area contributed by atoms with Crippen molar-refractivity contribution >= 4 is 22.6 Å². The van der Waals surface area contributed by atoms with Gasteiger partial charge in [-0.15, -0.1) is 0 Å². The van der Waals surface area contributed by atoms with Gasteiger partial charge in [-0.25, -0.2) is 4.79 Å². The third-order valence-corrected chi connectivity index (χ3v) is 4.51. The van der Waals surface area contributed by atoms with E-state index in [1.165, 1.54) is 6.42 Å². The summed E-state index contributed by atoms with van der Waals surface area (Å²) in [6.45, 7) is 5.31. The molecule has 1 N–H and O–H groups in total. The number of amides is 2. The van der Waals surface area contributed by atoms with E-state index in [4.69, 9.17) is 4.74 Å². The van der Waals surface area contributed by atoms with E-state index in [0.717, 1.165) is 42.6 Å². The number of nitrogens with zero attached hydrogens (tertiary/aromatic N) is 2. The third-order valence-electron chi connectivity index (χ3n) is 4.51. The minimum atomic E-state index is 0.00574. The van der Waals surface area contributed by atoms with Crippen molar-refractivity contribution in [1.82, 2.24) is 9.47 Å². The molecule has 1 saturated heterocycles. The van der Waals surface area contributed by atoms with E-state index in [2.05, 4.69) is 22.9 Å². The highest BCUT2D eigenvalue weighted by Gasteiger charge is 2.21. The molecule has 1 fully saturated rings. The minimum Gasteiger partial charge on any atom is -0.383 e. The van der Waals surface area contributed by atoms with E-state index in [-0.39, 0.29) is 6.03 Å². The first-order chi connectivity index (χ1) is 11.2. The van der Waals surface area contributed by atoms with Crippen LogP contribution >= 0.6 is 0 Å². The fraction of sp³-hybridized carbons (Fsp3) is 0.500. The van der Waals surface area contributed by atoms with Gasteiger partial charge in [-0.2, -0.15) is 0 Å². The van der Waals surface area contributed by atoms with Gasteiger partial charge in [-0.05, 0) is 24.8 Å². The standard InChI is InChI=1S/C18H25N3O2/c1-14-6-5-9-21(12-14)18(22)19-16-13-20(10-11-23-2)17-8-4-3-7-15(16)17/h3-4,7-8,13-14H,5-6,9-12H2,1-2H3,(H,19,22)/t14-/m0/s1. The topological polar surface area (TPSA) is 46.5 Å². The number of nitrogens with one attached hydrogen (secondary N) is 1. The van der Waals surface area contributed by atoms with Crippen molar-refractivity contribution in [1.29, 1.82) is 0 Å². The van der Waals surface area contributed by atoms with Crippen LogP contribution in [0.2, 0.25) is 0 Å². The number of hydrogen-bond donors (Lipinski definition) is 1. The largest absolute Gasteiger partial charge is 0.383 e. The van der Waals surface area contributed by atoms with Crippen LogP contribution < -0.4 is 5.32 Å². The van der Waals surface area contributed by atoms with E-state index < -0.39 is 0 Å². The lowest BCUT2D eigenvalue weighted by atomic mass is 10.0. The maximum absolute atomic E-state index is 12.6. The highest BCUT2D eigenvalue weighted by molar-refractivity contribution is 6.01. The number of benzene rings is 1. The molecule has 1 aromatic heterocycles. The average molecular weight is 315 g/mol. The van der Waals surface area contributed by atoms with Crippen LogP contribution in [0.4, 0.5) is 10.5 Å². The lowest BCUT2D eigenvalue weighted by molar-refractivity contribution is 0.182. The molecule has 0 saturated carbocycles. The molecule has 23 heavy (non-hydrogen) atoms. The molecule has 3 rings (SSSR count). The van der Waals surface area contributed by atoms with Crippen LogP contribution in [0.15, 0.2) is 30.5 Å². The number of para-hydroxylation sites is 1. The van der Waals surface area contributed by atoms with Gasteiger partial charge < -0.3 is 19.5 Å². The SMILES string of the molecule is COCCn1cc(NC(=O)N2CCC[C@H](C)C2)c2ccccc21. The van der Waals surface area contributed by atoms with Crippen molar-refractivity contribution in [2.24, 2.45) is 5.92 Å². The maximum atomic E-state index is 12.6. The second-order valence-corrected chi connectivity index (χ2v) is 6.37. The molecule has 0 spiro atoms. The number of rotatable bonds is 4. The van der Waals surface area contributed by atoms with E-state index in [1.807, 2.05) is 29.3 Å². The molecule has 1 aliphatic heterocycles. The second-order valence-electron chi connectivity index (χ2n) is 6.37. The van der Waals surface area contributed by atoms with Crippen LogP contribution in [-0.4, -0.2) is 42.3 Å². The second kappa shape index (κ2) is 7.04. The van der Waals surface area contributed by atoms with Crippen LogP contribution in [0.25, 0.3) is 10.9 Å². The Morgan fingerprint density at radius 1 is 1.39 bits per heavy atom. The smallest absolute Gasteiger partial charge is 0.321 e. The first-order valence-electron chi connectivity index (χ1n) is 8.32. The summed E-state index contributed by atoms with van der Waals surface area (Å²) in [5.41, 5.74) is 1.99. The number of hydrogen-bond acceptors (Lipinski definition) is 2. The van der Waals surface area contributed by atoms with Gasteiger partial charge in [-0.3, -0.25) is 0 Å². The molecular weight excluding hydrogens is 290 g/mol. The zero-order valence-electron chi connectivity index (χ0n) is 13.9. The number of carbonyl (C=O) groups excluding carboxylic acids is 1. The number of likely N-dealkylation sites (tertiary alicyclic amines) is 1. The molecule has 1 atom stereocenters. The van der Waals surface area contributed by atoms with E-state index >= 15 is 0 Å².